The number of benzene rings is 3. The molecule has 6 nitrogen and oxygen atoms in total. The summed E-state index contributed by atoms with van der Waals surface area (Å²) in [5.41, 5.74) is 9.30. The van der Waals surface area contributed by atoms with Crippen molar-refractivity contribution in [2.24, 2.45) is 29.6 Å². The fourth-order valence-corrected chi connectivity index (χ4v) is 13.3. The van der Waals surface area contributed by atoms with Gasteiger partial charge in [-0.15, -0.1) is 0 Å². The lowest BCUT2D eigenvalue weighted by Crippen LogP contribution is -3.00. The van der Waals surface area contributed by atoms with Gasteiger partial charge in [0.15, 0.2) is 0 Å². The van der Waals surface area contributed by atoms with E-state index in [9.17, 15) is 15.3 Å². The maximum atomic E-state index is 9.91. The van der Waals surface area contributed by atoms with Gasteiger partial charge in [-0.1, -0.05) is 59.7 Å². The zero-order valence-corrected chi connectivity index (χ0v) is 38.7. The van der Waals surface area contributed by atoms with Gasteiger partial charge in [0.2, 0.25) is 0 Å². The maximum absolute atomic E-state index is 9.91. The van der Waals surface area contributed by atoms with Gasteiger partial charge in [-0.2, -0.15) is 0 Å². The third-order valence-electron chi connectivity index (χ3n) is 18.1. The van der Waals surface area contributed by atoms with E-state index in [0.717, 1.165) is 30.8 Å². The predicted octanol–water partition coefficient (Wildman–Crippen LogP) is 6.01. The standard InChI is InChI=1S/C19H27NO.C18H25NO.C14H19NO.HI/c1-13-18-10-15-6-7-16(21)11-17(15)19(13,2)8-9-20(18,3)12-14-4-5-14;1-12-17-9-14-5-6-15(20)10-16(14)18(12,2)7-8-19(17)11-13-3-4-13;1-9-13-7-10-3-4-11(16)8-12(10)14(9,2)5-6-15-13;/h6-7,11,13-14,18H,4-5,8-10,12H2,1-3H3;5-6,10,12-13,17,20H,3-4,7-9,11H2,1-2H3;3-4,8-9,13,15-16H,5-7H2,1-2H3;1H/t13-,18+,19-,20?;12-,17+,18-;9-,13+,14-;/m000./s1. The molecule has 1 unspecified atom stereocenters. The van der Waals surface area contributed by atoms with E-state index in [1.165, 1.54) is 122 Å². The summed E-state index contributed by atoms with van der Waals surface area (Å²) in [5.74, 6) is 5.27. The van der Waals surface area contributed by atoms with Crippen LogP contribution in [-0.2, 0) is 35.5 Å². The Hall–Kier alpha value is -2.33. The normalized spacial score (nSPS) is 37.9. The van der Waals surface area contributed by atoms with E-state index >= 15 is 0 Å². The van der Waals surface area contributed by atoms with Gasteiger partial charge in [0, 0.05) is 48.7 Å². The zero-order chi connectivity index (χ0) is 40.1. The van der Waals surface area contributed by atoms with Crippen molar-refractivity contribution in [3.05, 3.63) is 88.0 Å². The van der Waals surface area contributed by atoms with Crippen molar-refractivity contribution in [3.63, 3.8) is 0 Å². The van der Waals surface area contributed by atoms with Crippen LogP contribution in [0.3, 0.4) is 0 Å². The lowest BCUT2D eigenvalue weighted by atomic mass is 9.58. The van der Waals surface area contributed by atoms with Crippen LogP contribution >= 0.6 is 0 Å². The van der Waals surface area contributed by atoms with Crippen LogP contribution in [0.15, 0.2) is 54.6 Å². The molecule has 0 aromatic heterocycles. The topological polar surface area (TPSA) is 76.0 Å². The van der Waals surface area contributed by atoms with E-state index in [1.54, 1.807) is 0 Å². The molecule has 0 amide bonds. The second kappa shape index (κ2) is 15.5. The molecule has 0 spiro atoms. The van der Waals surface area contributed by atoms with Crippen molar-refractivity contribution in [2.75, 3.05) is 39.8 Å². The minimum absolute atomic E-state index is 0. The SMILES string of the molecule is C[C@H]1[C@H]2Cc3ccc(O)cc3[C@@]1(C)CCN2.C[C@H]1[C@H]2Cc3ccc(O)cc3[C@@]1(C)CCN2CC1CC1.C[C@H]1[C@H]2Cc3ccc(O)cc3[C@@]1(C)CC[N+]2(C)CC1CC1.[I-]. The van der Waals surface area contributed by atoms with Crippen molar-refractivity contribution < 1.29 is 43.8 Å². The molecule has 8 aliphatic rings. The lowest BCUT2D eigenvalue weighted by molar-refractivity contribution is -0.946. The number of nitrogens with one attached hydrogen (secondary N) is 1. The minimum atomic E-state index is 0. The number of hydrogen-bond acceptors (Lipinski definition) is 5. The van der Waals surface area contributed by atoms with Gasteiger partial charge in [-0.3, -0.25) is 4.90 Å². The van der Waals surface area contributed by atoms with Crippen molar-refractivity contribution >= 4 is 0 Å². The van der Waals surface area contributed by atoms with Gasteiger partial charge >= 0.3 is 0 Å². The number of nitrogens with zero attached hydrogens (tertiary/aromatic N) is 2. The quantitative estimate of drug-likeness (QED) is 0.191. The van der Waals surface area contributed by atoms with Crippen LogP contribution in [0, 0.1) is 29.6 Å². The molecule has 5 fully saturated rings. The van der Waals surface area contributed by atoms with E-state index < -0.39 is 0 Å². The van der Waals surface area contributed by atoms with Crippen LogP contribution in [0.4, 0.5) is 0 Å². The second-order valence-electron chi connectivity index (χ2n) is 21.5. The van der Waals surface area contributed by atoms with Crippen molar-refractivity contribution in [1.29, 1.82) is 0 Å². The molecule has 316 valence electrons. The van der Waals surface area contributed by atoms with E-state index in [2.05, 4.69) is 77.0 Å². The van der Waals surface area contributed by atoms with E-state index in [4.69, 9.17) is 0 Å². The van der Waals surface area contributed by atoms with Crippen LogP contribution in [0.25, 0.3) is 0 Å². The highest BCUT2D eigenvalue weighted by Gasteiger charge is 2.56. The first kappa shape index (κ1) is 42.4. The molecule has 11 rings (SSSR count). The summed E-state index contributed by atoms with van der Waals surface area (Å²) in [6, 6.07) is 20.1. The molecule has 5 aliphatic carbocycles. The van der Waals surface area contributed by atoms with Gasteiger partial charge in [0.25, 0.3) is 0 Å². The number of likely N-dealkylation sites (N-methyl/N-ethyl adjacent to an activating group) is 1. The summed E-state index contributed by atoms with van der Waals surface area (Å²) >= 11 is 0. The fraction of sp³-hybridized carbons (Fsp3) is 0.647. The first-order valence-electron chi connectivity index (χ1n) is 22.9. The smallest absolute Gasteiger partial charge is 0.115 e. The van der Waals surface area contributed by atoms with E-state index in [1.807, 2.05) is 36.4 Å². The second-order valence-corrected chi connectivity index (χ2v) is 21.5. The number of phenols is 3. The summed E-state index contributed by atoms with van der Waals surface area (Å²) < 4.78 is 1.28. The third kappa shape index (κ3) is 7.42. The lowest BCUT2D eigenvalue weighted by Gasteiger charge is -2.58. The molecular weight excluding hydrogens is 829 g/mol. The number of piperidine rings is 3. The Kier molecular flexibility index (Phi) is 11.3. The third-order valence-corrected chi connectivity index (χ3v) is 18.1. The zero-order valence-electron chi connectivity index (χ0n) is 36.5. The summed E-state index contributed by atoms with van der Waals surface area (Å²) in [4.78, 5) is 2.76. The number of hydrogen-bond donors (Lipinski definition) is 4. The Bertz CT molecular complexity index is 2000. The van der Waals surface area contributed by atoms with Crippen molar-refractivity contribution in [2.45, 2.75) is 140 Å². The number of rotatable bonds is 4. The Morgan fingerprint density at radius 1 is 0.655 bits per heavy atom. The first-order valence-corrected chi connectivity index (χ1v) is 22.9. The average molecular weight is 902 g/mol. The molecule has 10 atom stereocenters. The number of phenolic OH excluding ortho intramolecular Hbond substituents is 3. The van der Waals surface area contributed by atoms with Gasteiger partial charge in [0.1, 0.15) is 17.2 Å². The average Bonchev–Trinajstić information content (AvgIpc) is 4.12. The molecule has 0 radical (unpaired) electrons. The van der Waals surface area contributed by atoms with Crippen LogP contribution in [-0.4, -0.2) is 82.6 Å². The maximum Gasteiger partial charge on any atom is 0.115 e. The van der Waals surface area contributed by atoms with Crippen molar-refractivity contribution in [3.8, 4) is 17.2 Å². The van der Waals surface area contributed by atoms with Gasteiger partial charge in [-0.05, 0) is 163 Å². The summed E-state index contributed by atoms with van der Waals surface area (Å²) in [5, 5.41) is 33.1. The summed E-state index contributed by atoms with van der Waals surface area (Å²) in [6.07, 6.45) is 12.9. The molecule has 2 saturated carbocycles. The molecule has 3 aromatic carbocycles. The largest absolute Gasteiger partial charge is 1.00 e. The number of likely N-dealkylation sites (tertiary alicyclic amines) is 2. The minimum Gasteiger partial charge on any atom is -1.00 e. The molecule has 7 heteroatoms. The number of aromatic hydroxyl groups is 3. The first-order chi connectivity index (χ1) is 27.1. The number of quaternary nitrogens is 1. The highest BCUT2D eigenvalue weighted by Crippen LogP contribution is 2.53. The van der Waals surface area contributed by atoms with Gasteiger partial charge in [0.05, 0.1) is 26.2 Å². The molecule has 4 N–H and O–H groups in total. The van der Waals surface area contributed by atoms with Crippen LogP contribution in [0.5, 0.6) is 17.2 Å². The Morgan fingerprint density at radius 3 is 1.74 bits per heavy atom. The highest BCUT2D eigenvalue weighted by molar-refractivity contribution is 5.46. The van der Waals surface area contributed by atoms with E-state index in [-0.39, 0.29) is 40.2 Å². The number of halogens is 1. The molecule has 58 heavy (non-hydrogen) atoms. The molecule has 6 bridgehead atoms. The molecule has 3 saturated heterocycles. The monoisotopic (exact) mass is 901 g/mol. The molecule has 3 heterocycles. The Labute approximate surface area is 366 Å². The number of fused-ring (bicyclic) bond motifs is 12. The Balaban J connectivity index is 0.000000122. The van der Waals surface area contributed by atoms with Crippen molar-refractivity contribution in [1.82, 2.24) is 10.2 Å². The summed E-state index contributed by atoms with van der Waals surface area (Å²) in [6.45, 7) is 20.8. The van der Waals surface area contributed by atoms with Gasteiger partial charge in [-0.25, -0.2) is 0 Å². The molecule has 3 aromatic rings. The predicted molar refractivity (Wildman–Crippen MR) is 231 cm³/mol. The summed E-state index contributed by atoms with van der Waals surface area (Å²) in [7, 11) is 2.50. The van der Waals surface area contributed by atoms with Gasteiger partial charge < -0.3 is 49.1 Å². The van der Waals surface area contributed by atoms with Crippen LogP contribution in [0.1, 0.15) is 120 Å². The van der Waals surface area contributed by atoms with E-state index in [0.29, 0.717) is 47.1 Å². The van der Waals surface area contributed by atoms with Crippen LogP contribution in [0.2, 0.25) is 0 Å². The molecular formula is C51H72IN3O3. The van der Waals surface area contributed by atoms with Crippen LogP contribution < -0.4 is 29.3 Å². The highest BCUT2D eigenvalue weighted by atomic mass is 127. The molecule has 3 aliphatic heterocycles. The fourth-order valence-electron chi connectivity index (χ4n) is 13.3. The Morgan fingerprint density at radius 2 is 1.17 bits per heavy atom.